The van der Waals surface area contributed by atoms with E-state index in [1.54, 1.807) is 7.11 Å². The molecule has 1 heterocycles. The fourth-order valence-electron chi connectivity index (χ4n) is 2.21. The fourth-order valence-corrected chi connectivity index (χ4v) is 3.01. The van der Waals surface area contributed by atoms with E-state index in [9.17, 15) is 14.0 Å². The summed E-state index contributed by atoms with van der Waals surface area (Å²) in [6.07, 6.45) is 1.35. The molecule has 4 nitrogen and oxygen atoms in total. The van der Waals surface area contributed by atoms with Gasteiger partial charge in [0.05, 0.1) is 18.5 Å². The topological polar surface area (TPSA) is 57.9 Å². The van der Waals surface area contributed by atoms with Crippen molar-refractivity contribution in [2.24, 2.45) is 0 Å². The Morgan fingerprint density at radius 1 is 1.27 bits per heavy atom. The van der Waals surface area contributed by atoms with Crippen LogP contribution in [0.25, 0.3) is 16.8 Å². The van der Waals surface area contributed by atoms with E-state index in [0.717, 1.165) is 17.7 Å². The fraction of sp³-hybridized carbons (Fsp3) is 0.0526. The monoisotopic (exact) mass is 369 g/mol. The first kappa shape index (κ1) is 17.6. The van der Waals surface area contributed by atoms with E-state index < -0.39 is 11.6 Å². The van der Waals surface area contributed by atoms with Crippen LogP contribution in [-0.4, -0.2) is 12.1 Å². The van der Waals surface area contributed by atoms with Crippen molar-refractivity contribution in [3.63, 3.8) is 0 Å². The molecule has 0 saturated heterocycles. The number of thiazole rings is 1. The highest BCUT2D eigenvalue weighted by Crippen LogP contribution is 2.28. The number of anilines is 1. The van der Waals surface area contributed by atoms with E-state index >= 15 is 0 Å². The third-order valence-corrected chi connectivity index (χ3v) is 4.40. The average Bonchev–Trinajstić information content (AvgIpc) is 3.14. The zero-order valence-electron chi connectivity index (χ0n) is 13.7. The molecule has 0 spiro atoms. The number of nitriles is 1. The minimum Gasteiger partial charge on any atom is -0.497 e. The third-order valence-electron chi connectivity index (χ3n) is 3.52. The number of ether oxygens (including phenoxy) is 1. The Bertz CT molecular complexity index is 1010. The molecule has 2 aromatic carbocycles. The van der Waals surface area contributed by atoms with E-state index in [2.05, 4.69) is 10.3 Å². The molecule has 1 N–H and O–H groups in total. The summed E-state index contributed by atoms with van der Waals surface area (Å²) in [5, 5.41) is 14.4. The second-order valence-electron chi connectivity index (χ2n) is 5.21. The van der Waals surface area contributed by atoms with Crippen molar-refractivity contribution < 1.29 is 13.5 Å². The molecule has 3 aromatic rings. The van der Waals surface area contributed by atoms with Crippen LogP contribution < -0.4 is 10.1 Å². The molecule has 0 unspecified atom stereocenters. The smallest absolute Gasteiger partial charge is 0.149 e. The van der Waals surface area contributed by atoms with Crippen molar-refractivity contribution in [2.45, 2.75) is 0 Å². The molecule has 0 bridgehead atoms. The number of nitrogens with zero attached hydrogens (tertiary/aromatic N) is 2. The lowest BCUT2D eigenvalue weighted by Gasteiger charge is -2.03. The first-order chi connectivity index (χ1) is 12.6. The Kier molecular flexibility index (Phi) is 5.25. The normalized spacial score (nSPS) is 11.1. The minimum atomic E-state index is -0.741. The van der Waals surface area contributed by atoms with Gasteiger partial charge in [-0.1, -0.05) is 12.1 Å². The molecule has 3 rings (SSSR count). The van der Waals surface area contributed by atoms with Crippen LogP contribution in [0.4, 0.5) is 14.5 Å². The van der Waals surface area contributed by atoms with Gasteiger partial charge in [-0.05, 0) is 24.3 Å². The van der Waals surface area contributed by atoms with E-state index in [1.165, 1.54) is 23.6 Å². The lowest BCUT2D eigenvalue weighted by atomic mass is 10.1. The molecule has 0 radical (unpaired) electrons. The maximum atomic E-state index is 13.7. The zero-order valence-corrected chi connectivity index (χ0v) is 14.5. The van der Waals surface area contributed by atoms with Gasteiger partial charge in [-0.15, -0.1) is 11.3 Å². The van der Waals surface area contributed by atoms with Gasteiger partial charge >= 0.3 is 0 Å². The average molecular weight is 369 g/mol. The van der Waals surface area contributed by atoms with Crippen molar-refractivity contribution >= 4 is 22.6 Å². The van der Waals surface area contributed by atoms with Crippen LogP contribution in [0.2, 0.25) is 0 Å². The van der Waals surface area contributed by atoms with Gasteiger partial charge in [0.1, 0.15) is 34.0 Å². The quantitative estimate of drug-likeness (QED) is 0.638. The molecule has 0 amide bonds. The number of hydrogen-bond acceptors (Lipinski definition) is 5. The van der Waals surface area contributed by atoms with Gasteiger partial charge in [0, 0.05) is 23.2 Å². The van der Waals surface area contributed by atoms with Crippen LogP contribution in [0, 0.1) is 23.0 Å². The number of nitrogens with one attached hydrogen (secondary N) is 1. The van der Waals surface area contributed by atoms with Crippen LogP contribution >= 0.6 is 11.3 Å². The Balaban J connectivity index is 1.85. The van der Waals surface area contributed by atoms with Crippen LogP contribution in [-0.2, 0) is 0 Å². The third kappa shape index (κ3) is 3.87. The molecule has 7 heteroatoms. The van der Waals surface area contributed by atoms with Crippen molar-refractivity contribution in [1.29, 1.82) is 5.26 Å². The first-order valence-corrected chi connectivity index (χ1v) is 8.41. The highest BCUT2D eigenvalue weighted by molar-refractivity contribution is 7.11. The standard InChI is InChI=1S/C19H13F2N3OS/c1-25-15-4-2-3-12(7-15)18-11-26-19(24-18)13(9-22)10-23-17-6-5-14(20)8-16(17)21/h2-8,10-11,23H,1H3/b13-10-. The molecule has 0 saturated carbocycles. The zero-order chi connectivity index (χ0) is 18.5. The lowest BCUT2D eigenvalue weighted by molar-refractivity contribution is 0.415. The second-order valence-corrected chi connectivity index (χ2v) is 6.07. The summed E-state index contributed by atoms with van der Waals surface area (Å²) < 4.78 is 31.8. The molecular formula is C19H13F2N3OS. The summed E-state index contributed by atoms with van der Waals surface area (Å²) in [6, 6.07) is 12.6. The molecule has 0 aliphatic heterocycles. The molecular weight excluding hydrogens is 356 g/mol. The SMILES string of the molecule is COc1cccc(-c2csc(/C(C#N)=C\Nc3ccc(F)cc3F)n2)c1. The molecule has 0 aliphatic carbocycles. The Morgan fingerprint density at radius 2 is 2.12 bits per heavy atom. The van der Waals surface area contributed by atoms with Gasteiger partial charge in [-0.25, -0.2) is 13.8 Å². The van der Waals surface area contributed by atoms with E-state index in [-0.39, 0.29) is 11.3 Å². The number of rotatable bonds is 5. The van der Waals surface area contributed by atoms with Crippen molar-refractivity contribution in [1.82, 2.24) is 4.98 Å². The van der Waals surface area contributed by atoms with Gasteiger partial charge in [0.15, 0.2) is 0 Å². The van der Waals surface area contributed by atoms with Gasteiger partial charge in [0.25, 0.3) is 0 Å². The van der Waals surface area contributed by atoms with E-state index in [4.69, 9.17) is 4.74 Å². The summed E-state index contributed by atoms with van der Waals surface area (Å²) in [5.41, 5.74) is 1.89. The molecule has 0 fully saturated rings. The van der Waals surface area contributed by atoms with E-state index in [1.807, 2.05) is 35.7 Å². The highest BCUT2D eigenvalue weighted by Gasteiger charge is 2.10. The lowest BCUT2D eigenvalue weighted by Crippen LogP contribution is -1.94. The Labute approximate surface area is 153 Å². The Morgan fingerprint density at radius 3 is 2.85 bits per heavy atom. The van der Waals surface area contributed by atoms with Crippen LogP contribution in [0.1, 0.15) is 5.01 Å². The summed E-state index contributed by atoms with van der Waals surface area (Å²) in [7, 11) is 1.59. The molecule has 1 aromatic heterocycles. The second kappa shape index (κ2) is 7.76. The van der Waals surface area contributed by atoms with Crippen LogP contribution in [0.3, 0.4) is 0 Å². The van der Waals surface area contributed by atoms with Gasteiger partial charge in [-0.3, -0.25) is 0 Å². The van der Waals surface area contributed by atoms with Gasteiger partial charge in [-0.2, -0.15) is 5.26 Å². The number of hydrogen-bond donors (Lipinski definition) is 1. The summed E-state index contributed by atoms with van der Waals surface area (Å²) in [4.78, 5) is 4.45. The maximum absolute atomic E-state index is 13.7. The minimum absolute atomic E-state index is 0.0729. The highest BCUT2D eigenvalue weighted by atomic mass is 32.1. The van der Waals surface area contributed by atoms with Crippen molar-refractivity contribution in [2.75, 3.05) is 12.4 Å². The van der Waals surface area contributed by atoms with Crippen molar-refractivity contribution in [3.05, 3.63) is 70.7 Å². The predicted molar refractivity (Wildman–Crippen MR) is 97.7 cm³/mol. The predicted octanol–water partition coefficient (Wildman–Crippen LogP) is 5.07. The largest absolute Gasteiger partial charge is 0.497 e. The van der Waals surface area contributed by atoms with Gasteiger partial charge < -0.3 is 10.1 Å². The molecule has 0 aliphatic rings. The number of benzene rings is 2. The van der Waals surface area contributed by atoms with Crippen LogP contribution in [0.5, 0.6) is 5.75 Å². The van der Waals surface area contributed by atoms with E-state index in [0.29, 0.717) is 16.5 Å². The number of halogens is 2. The van der Waals surface area contributed by atoms with Gasteiger partial charge in [0.2, 0.25) is 0 Å². The number of aromatic nitrogens is 1. The molecule has 26 heavy (non-hydrogen) atoms. The maximum Gasteiger partial charge on any atom is 0.149 e. The number of methoxy groups -OCH3 is 1. The summed E-state index contributed by atoms with van der Waals surface area (Å²) in [6.45, 7) is 0. The van der Waals surface area contributed by atoms with Crippen molar-refractivity contribution in [3.8, 4) is 23.1 Å². The first-order valence-electron chi connectivity index (χ1n) is 7.53. The van der Waals surface area contributed by atoms with Crippen LogP contribution in [0.15, 0.2) is 54.0 Å². The molecule has 130 valence electrons. The number of allylic oxidation sites excluding steroid dienone is 1. The Hall–Kier alpha value is -3.24. The summed E-state index contributed by atoms with van der Waals surface area (Å²) >= 11 is 1.30. The summed E-state index contributed by atoms with van der Waals surface area (Å²) in [5.74, 6) is -0.698. The molecule has 0 atom stereocenters.